The number of hydrogen-bond donors (Lipinski definition) is 2. The number of thiophene rings is 1. The third kappa shape index (κ3) is 4.77. The number of fused-ring (bicyclic) bond motifs is 4. The zero-order valence-electron chi connectivity index (χ0n) is 24.0. The molecule has 1 fully saturated rings. The van der Waals surface area contributed by atoms with E-state index in [0.29, 0.717) is 56.1 Å². The van der Waals surface area contributed by atoms with Crippen molar-refractivity contribution in [1.29, 1.82) is 5.26 Å². The minimum Gasteiger partial charge on any atom is -0.459 e. The van der Waals surface area contributed by atoms with Gasteiger partial charge in [0.15, 0.2) is 0 Å². The van der Waals surface area contributed by atoms with E-state index in [4.69, 9.17) is 36.8 Å². The summed E-state index contributed by atoms with van der Waals surface area (Å²) in [5.74, 6) is 0.0747. The number of nitrogens with zero attached hydrogens (tertiary/aromatic N) is 6. The average molecular weight is 631 g/mol. The smallest absolute Gasteiger partial charge is 0.319 e. The largest absolute Gasteiger partial charge is 0.459 e. The van der Waals surface area contributed by atoms with E-state index in [9.17, 15) is 9.65 Å². The van der Waals surface area contributed by atoms with Gasteiger partial charge in [-0.2, -0.15) is 25.4 Å². The lowest BCUT2D eigenvalue weighted by Crippen LogP contribution is -2.38. The predicted molar refractivity (Wildman–Crippen MR) is 168 cm³/mol. The first-order valence-corrected chi connectivity index (χ1v) is 15.5. The van der Waals surface area contributed by atoms with E-state index in [0.717, 1.165) is 47.5 Å². The normalized spacial score (nSPS) is 17.2. The molecule has 44 heavy (non-hydrogen) atoms. The quantitative estimate of drug-likeness (QED) is 0.219. The molecule has 1 saturated heterocycles. The summed E-state index contributed by atoms with van der Waals surface area (Å²) in [6, 6.07) is 9.27. The van der Waals surface area contributed by atoms with E-state index >= 15 is 0 Å². The minimum atomic E-state index is -0.453. The highest BCUT2D eigenvalue weighted by Crippen LogP contribution is 2.49. The van der Waals surface area contributed by atoms with Gasteiger partial charge in [0.25, 0.3) is 0 Å². The van der Waals surface area contributed by atoms with E-state index in [1.165, 1.54) is 6.07 Å². The summed E-state index contributed by atoms with van der Waals surface area (Å²) in [6.07, 6.45) is 3.56. The zero-order valence-corrected chi connectivity index (χ0v) is 25.6. The Morgan fingerprint density at radius 2 is 2.11 bits per heavy atom. The second-order valence-electron chi connectivity index (χ2n) is 11.1. The van der Waals surface area contributed by atoms with Gasteiger partial charge >= 0.3 is 6.01 Å². The van der Waals surface area contributed by atoms with Gasteiger partial charge < -0.3 is 20.5 Å². The van der Waals surface area contributed by atoms with E-state index < -0.39 is 5.82 Å². The number of nitrogen functional groups attached to an aromatic ring is 1. The maximum atomic E-state index is 15.0. The molecule has 10 nitrogen and oxygen atoms in total. The Kier molecular flexibility index (Phi) is 7.42. The van der Waals surface area contributed by atoms with Gasteiger partial charge in [-0.25, -0.2) is 4.39 Å². The maximum absolute atomic E-state index is 15.0. The van der Waals surface area contributed by atoms with Crippen molar-refractivity contribution in [2.75, 3.05) is 24.6 Å². The van der Waals surface area contributed by atoms with Crippen LogP contribution in [0.25, 0.3) is 32.1 Å². The molecule has 3 aromatic heterocycles. The number of aromatic nitrogens is 4. The van der Waals surface area contributed by atoms with Crippen LogP contribution >= 0.6 is 22.9 Å². The molecule has 2 aliphatic rings. The number of nitriles is 1. The molecule has 0 unspecified atom stereocenters. The Hall–Kier alpha value is -4.15. The molecule has 224 valence electrons. The number of hydrogen-bond acceptors (Lipinski definition) is 11. The number of rotatable bonds is 7. The molecule has 13 heteroatoms. The molecule has 2 atom stereocenters. The van der Waals surface area contributed by atoms with Crippen molar-refractivity contribution in [3.8, 4) is 23.2 Å². The molecule has 5 heterocycles. The molecular weight excluding hydrogens is 603 g/mol. The highest BCUT2D eigenvalue weighted by molar-refractivity contribution is 7.23. The summed E-state index contributed by atoms with van der Waals surface area (Å²) >= 11 is 8.33. The number of benzene rings is 2. The van der Waals surface area contributed by atoms with E-state index in [1.54, 1.807) is 12.3 Å². The Morgan fingerprint density at radius 3 is 2.86 bits per heavy atom. The second-order valence-corrected chi connectivity index (χ2v) is 12.5. The topological polar surface area (TPSA) is 135 Å². The Labute approximate surface area is 261 Å². The molecule has 3 N–H and O–H groups in total. The number of nitrogens with two attached hydrogens (primary N) is 1. The highest BCUT2D eigenvalue weighted by atomic mass is 35.5. The minimum absolute atomic E-state index is 0.174. The molecule has 5 aromatic rings. The fraction of sp³-hybridized carbons (Fsp3) is 0.323. The first kappa shape index (κ1) is 28.6. The molecular formula is C31H28ClFN8O2S. The van der Waals surface area contributed by atoms with Crippen LogP contribution in [0.4, 0.5) is 15.2 Å². The molecule has 0 saturated carbocycles. The highest BCUT2D eigenvalue weighted by Gasteiger charge is 2.32. The average Bonchev–Trinajstić information content (AvgIpc) is 3.76. The lowest BCUT2D eigenvalue weighted by atomic mass is 9.91. The summed E-state index contributed by atoms with van der Waals surface area (Å²) in [4.78, 5) is 12.0. The number of likely N-dealkylation sites (tertiary alicyclic amines) is 1. The van der Waals surface area contributed by atoms with Crippen molar-refractivity contribution in [2.24, 2.45) is 0 Å². The molecule has 0 bridgehead atoms. The molecule has 0 aliphatic carbocycles. The van der Waals surface area contributed by atoms with Crippen LogP contribution in [0.15, 0.2) is 30.5 Å². The first-order chi connectivity index (χ1) is 21.4. The van der Waals surface area contributed by atoms with Gasteiger partial charge in [0, 0.05) is 23.2 Å². The molecule has 2 aromatic carbocycles. The zero-order chi connectivity index (χ0) is 30.5. The third-order valence-corrected chi connectivity index (χ3v) is 9.85. The summed E-state index contributed by atoms with van der Waals surface area (Å²) in [7, 11) is 2.09. The molecule has 0 amide bonds. The Bertz CT molecular complexity index is 1960. The lowest BCUT2D eigenvalue weighted by molar-refractivity contribution is 0.112. The van der Waals surface area contributed by atoms with Crippen molar-refractivity contribution < 1.29 is 13.9 Å². The monoisotopic (exact) mass is 630 g/mol. The number of ether oxygens (including phenoxy) is 2. The van der Waals surface area contributed by atoms with Crippen LogP contribution in [-0.2, 0) is 24.5 Å². The maximum Gasteiger partial charge on any atom is 0.319 e. The van der Waals surface area contributed by atoms with Gasteiger partial charge in [-0.1, -0.05) is 17.7 Å². The van der Waals surface area contributed by atoms with Gasteiger partial charge in [0.2, 0.25) is 0 Å². The van der Waals surface area contributed by atoms with Gasteiger partial charge in [0.05, 0.1) is 51.6 Å². The van der Waals surface area contributed by atoms with Crippen LogP contribution < -0.4 is 15.8 Å². The Balaban J connectivity index is 1.45. The lowest BCUT2D eigenvalue weighted by Gasteiger charge is -2.26. The fourth-order valence-electron chi connectivity index (χ4n) is 6.36. The summed E-state index contributed by atoms with van der Waals surface area (Å²) in [5.41, 5.74) is 10.5. The first-order valence-electron chi connectivity index (χ1n) is 14.3. The van der Waals surface area contributed by atoms with Crippen molar-refractivity contribution in [2.45, 2.75) is 51.7 Å². The van der Waals surface area contributed by atoms with Crippen LogP contribution in [-0.4, -0.2) is 50.8 Å². The molecule has 7 rings (SSSR count). The number of anilines is 2. The number of halogens is 2. The van der Waals surface area contributed by atoms with Gasteiger partial charge in [-0.15, -0.1) is 11.3 Å². The van der Waals surface area contributed by atoms with Crippen LogP contribution in [0.5, 0.6) is 6.01 Å². The third-order valence-electron chi connectivity index (χ3n) is 8.45. The van der Waals surface area contributed by atoms with Crippen LogP contribution in [0, 0.1) is 17.1 Å². The fourth-order valence-corrected chi connectivity index (χ4v) is 7.66. The second kappa shape index (κ2) is 11.4. The summed E-state index contributed by atoms with van der Waals surface area (Å²) in [5, 5.41) is 23.2. The van der Waals surface area contributed by atoms with Gasteiger partial charge in [-0.05, 0) is 68.2 Å². The van der Waals surface area contributed by atoms with Crippen molar-refractivity contribution in [1.82, 2.24) is 25.1 Å². The predicted octanol–water partition coefficient (Wildman–Crippen LogP) is 6.05. The van der Waals surface area contributed by atoms with Crippen LogP contribution in [0.2, 0.25) is 5.02 Å². The number of nitrogens with one attached hydrogen (secondary N) is 1. The van der Waals surface area contributed by atoms with Crippen LogP contribution in [0.3, 0.4) is 0 Å². The SMILES string of the molecule is C[C@H](Oc1nc(NCc2cccnn2)c2c3c(c(-c4ccc(F)c5sc(N)c(C#N)c45)c(Cl)c2n1)COC3)[C@@H]1CCCN1C. The van der Waals surface area contributed by atoms with Gasteiger partial charge in [-0.3, -0.25) is 4.90 Å². The number of likely N-dealkylation sites (N-methyl/N-ethyl adjacent to an activating group) is 1. The molecule has 2 aliphatic heterocycles. The molecule has 0 radical (unpaired) electrons. The van der Waals surface area contributed by atoms with E-state index in [-0.39, 0.29) is 35.3 Å². The van der Waals surface area contributed by atoms with E-state index in [1.807, 2.05) is 19.1 Å². The van der Waals surface area contributed by atoms with Crippen LogP contribution in [0.1, 0.15) is 42.1 Å². The van der Waals surface area contributed by atoms with Crippen molar-refractivity contribution >= 4 is 54.7 Å². The summed E-state index contributed by atoms with van der Waals surface area (Å²) < 4.78 is 27.6. The van der Waals surface area contributed by atoms with Crippen molar-refractivity contribution in [3.63, 3.8) is 0 Å². The van der Waals surface area contributed by atoms with Crippen molar-refractivity contribution in [3.05, 3.63) is 63.7 Å². The summed E-state index contributed by atoms with van der Waals surface area (Å²) in [6.45, 7) is 3.95. The molecule has 0 spiro atoms. The van der Waals surface area contributed by atoms with Gasteiger partial charge in [0.1, 0.15) is 28.8 Å². The Morgan fingerprint density at radius 1 is 1.27 bits per heavy atom. The van der Waals surface area contributed by atoms with E-state index in [2.05, 4.69) is 33.5 Å². The standard InChI is InChI=1S/C31H28ClFN8O2S/c1-15(22-6-4-10-41(22)2)43-31-38-27-25(30(39-31)36-12-16-5-3-9-37-40-16)20-14-42-13-19(20)23(26(27)32)17-7-8-21(33)28-24(17)18(11-34)29(35)44-28/h3,5,7-9,15,22H,4,6,10,12-14,35H2,1-2H3,(H,36,38,39)/t15-,22-/m0/s1.